The van der Waals surface area contributed by atoms with Crippen molar-refractivity contribution in [3.63, 3.8) is 0 Å². The van der Waals surface area contributed by atoms with Crippen molar-refractivity contribution in [2.75, 3.05) is 20.3 Å². The van der Waals surface area contributed by atoms with E-state index >= 15 is 0 Å². The molecule has 156 valence electrons. The summed E-state index contributed by atoms with van der Waals surface area (Å²) in [6.45, 7) is 2.02. The van der Waals surface area contributed by atoms with Crippen molar-refractivity contribution in [3.05, 3.63) is 59.6 Å². The fourth-order valence-electron chi connectivity index (χ4n) is 2.70. The summed E-state index contributed by atoms with van der Waals surface area (Å²) in [6.07, 6.45) is 2.67. The summed E-state index contributed by atoms with van der Waals surface area (Å²) in [5.74, 6) is -0.523. The molecule has 0 atom stereocenters. The lowest BCUT2D eigenvalue weighted by atomic mass is 10.2. The molecule has 3 rings (SSSR count). The molecule has 3 aromatic rings. The van der Waals surface area contributed by atoms with Crippen LogP contribution in [0.2, 0.25) is 0 Å². The molecule has 0 aliphatic carbocycles. The number of carbonyl (C=O) groups excluding carboxylic acids is 2. The van der Waals surface area contributed by atoms with Crippen LogP contribution in [0.3, 0.4) is 0 Å². The first kappa shape index (κ1) is 20.8. The maximum absolute atomic E-state index is 13.6. The maximum Gasteiger partial charge on any atom is 0.259 e. The third-order valence-electron chi connectivity index (χ3n) is 4.11. The number of carbonyl (C=O) groups is 2. The topological polar surface area (TPSA) is 102 Å². The SMILES string of the molecule is CCOc1ccc(C(=O)NCC(=O)NN=Cc2coc3c(F)cccc23)cc1OC. The Balaban J connectivity index is 1.54. The molecule has 0 saturated heterocycles. The zero-order valence-electron chi connectivity index (χ0n) is 16.4. The van der Waals surface area contributed by atoms with E-state index in [4.69, 9.17) is 13.9 Å². The van der Waals surface area contributed by atoms with Crippen LogP contribution < -0.4 is 20.2 Å². The normalized spacial score (nSPS) is 10.9. The molecule has 0 spiro atoms. The quantitative estimate of drug-likeness (QED) is 0.437. The summed E-state index contributed by atoms with van der Waals surface area (Å²) in [7, 11) is 1.47. The largest absolute Gasteiger partial charge is 0.493 e. The highest BCUT2D eigenvalue weighted by Gasteiger charge is 2.12. The lowest BCUT2D eigenvalue weighted by Gasteiger charge is -2.11. The van der Waals surface area contributed by atoms with Crippen LogP contribution in [-0.4, -0.2) is 38.3 Å². The summed E-state index contributed by atoms with van der Waals surface area (Å²) in [5, 5.41) is 6.83. The van der Waals surface area contributed by atoms with Crippen molar-refractivity contribution in [2.24, 2.45) is 5.10 Å². The predicted octanol–water partition coefficient (Wildman–Crippen LogP) is 2.86. The van der Waals surface area contributed by atoms with E-state index in [1.807, 2.05) is 6.92 Å². The minimum atomic E-state index is -0.531. The fraction of sp³-hybridized carbons (Fsp3) is 0.190. The number of fused-ring (bicyclic) bond motifs is 1. The molecule has 1 heterocycles. The highest BCUT2D eigenvalue weighted by molar-refractivity contribution is 5.99. The highest BCUT2D eigenvalue weighted by atomic mass is 19.1. The second-order valence-corrected chi connectivity index (χ2v) is 6.08. The van der Waals surface area contributed by atoms with Crippen LogP contribution in [0, 0.1) is 5.82 Å². The van der Waals surface area contributed by atoms with Crippen molar-refractivity contribution in [1.29, 1.82) is 0 Å². The van der Waals surface area contributed by atoms with Crippen LogP contribution in [0.4, 0.5) is 4.39 Å². The molecule has 0 bridgehead atoms. The Morgan fingerprint density at radius 2 is 2.07 bits per heavy atom. The third-order valence-corrected chi connectivity index (χ3v) is 4.11. The van der Waals surface area contributed by atoms with Gasteiger partial charge < -0.3 is 19.2 Å². The summed E-state index contributed by atoms with van der Waals surface area (Å²) < 4.78 is 29.4. The lowest BCUT2D eigenvalue weighted by molar-refractivity contribution is -0.120. The first-order chi connectivity index (χ1) is 14.5. The van der Waals surface area contributed by atoms with Crippen LogP contribution in [-0.2, 0) is 4.79 Å². The van der Waals surface area contributed by atoms with Gasteiger partial charge in [0.15, 0.2) is 22.9 Å². The molecule has 2 amide bonds. The average Bonchev–Trinajstić information content (AvgIpc) is 3.17. The standard InChI is InChI=1S/C21H20FN3O5/c1-3-29-17-8-7-13(9-18(17)28-2)21(27)23-11-19(26)25-24-10-14-12-30-20-15(14)5-4-6-16(20)22/h4-10,12H,3,11H2,1-2H3,(H,23,27)(H,25,26). The van der Waals surface area contributed by atoms with E-state index in [0.717, 1.165) is 0 Å². The van der Waals surface area contributed by atoms with Gasteiger partial charge in [0.2, 0.25) is 0 Å². The number of rotatable bonds is 8. The number of nitrogens with one attached hydrogen (secondary N) is 2. The van der Waals surface area contributed by atoms with Crippen molar-refractivity contribution >= 4 is 29.0 Å². The first-order valence-electron chi connectivity index (χ1n) is 9.10. The number of hydrogen-bond donors (Lipinski definition) is 2. The zero-order valence-corrected chi connectivity index (χ0v) is 16.4. The van der Waals surface area contributed by atoms with Crippen molar-refractivity contribution < 1.29 is 27.9 Å². The molecule has 0 aliphatic heterocycles. The van der Waals surface area contributed by atoms with Crippen LogP contribution >= 0.6 is 0 Å². The maximum atomic E-state index is 13.6. The molecule has 0 saturated carbocycles. The van der Waals surface area contributed by atoms with Gasteiger partial charge in [-0.2, -0.15) is 5.10 Å². The molecule has 0 unspecified atom stereocenters. The number of ether oxygens (including phenoxy) is 2. The Bertz CT molecular complexity index is 1090. The fourth-order valence-corrected chi connectivity index (χ4v) is 2.70. The summed E-state index contributed by atoms with van der Waals surface area (Å²) in [6, 6.07) is 9.24. The number of furan rings is 1. The number of benzene rings is 2. The van der Waals surface area contributed by atoms with Crippen molar-refractivity contribution in [2.45, 2.75) is 6.92 Å². The third kappa shape index (κ3) is 4.75. The smallest absolute Gasteiger partial charge is 0.259 e. The molecular formula is C21H20FN3O5. The predicted molar refractivity (Wildman–Crippen MR) is 108 cm³/mol. The number of halogens is 1. The van der Waals surface area contributed by atoms with Gasteiger partial charge in [0.1, 0.15) is 6.26 Å². The lowest BCUT2D eigenvalue weighted by Crippen LogP contribution is -2.34. The Hall–Kier alpha value is -3.88. The molecule has 0 radical (unpaired) electrons. The molecule has 8 nitrogen and oxygen atoms in total. The number of nitrogens with zero attached hydrogens (tertiary/aromatic N) is 1. The monoisotopic (exact) mass is 413 g/mol. The molecule has 2 N–H and O–H groups in total. The molecule has 0 fully saturated rings. The van der Waals surface area contributed by atoms with Crippen LogP contribution in [0.15, 0.2) is 52.2 Å². The molecule has 1 aromatic heterocycles. The summed E-state index contributed by atoms with van der Waals surface area (Å²) >= 11 is 0. The average molecular weight is 413 g/mol. The van der Waals surface area contributed by atoms with E-state index in [0.29, 0.717) is 34.6 Å². The second kappa shape index (κ2) is 9.55. The van der Waals surface area contributed by atoms with Crippen LogP contribution in [0.5, 0.6) is 11.5 Å². The van der Waals surface area contributed by atoms with Gasteiger partial charge in [0.05, 0.1) is 26.5 Å². The highest BCUT2D eigenvalue weighted by Crippen LogP contribution is 2.28. The van der Waals surface area contributed by atoms with Gasteiger partial charge in [-0.3, -0.25) is 9.59 Å². The Morgan fingerprint density at radius 1 is 1.23 bits per heavy atom. The molecule has 9 heteroatoms. The number of para-hydroxylation sites is 1. The van der Waals surface area contributed by atoms with Gasteiger partial charge >= 0.3 is 0 Å². The van der Waals surface area contributed by atoms with Gasteiger partial charge in [-0.05, 0) is 31.2 Å². The second-order valence-electron chi connectivity index (χ2n) is 6.08. The molecule has 0 aliphatic rings. The van der Waals surface area contributed by atoms with E-state index in [9.17, 15) is 14.0 Å². The Kier molecular flexibility index (Phi) is 6.63. The van der Waals surface area contributed by atoms with Crippen molar-refractivity contribution in [3.8, 4) is 11.5 Å². The molecule has 2 aromatic carbocycles. The number of hydrazone groups is 1. The number of amides is 2. The van der Waals surface area contributed by atoms with Crippen molar-refractivity contribution in [1.82, 2.24) is 10.7 Å². The zero-order chi connectivity index (χ0) is 21.5. The first-order valence-corrected chi connectivity index (χ1v) is 9.10. The number of hydrogen-bond acceptors (Lipinski definition) is 6. The molecule has 30 heavy (non-hydrogen) atoms. The van der Waals surface area contributed by atoms with E-state index in [2.05, 4.69) is 15.8 Å². The van der Waals surface area contributed by atoms with E-state index < -0.39 is 17.6 Å². The van der Waals surface area contributed by atoms with E-state index in [1.54, 1.807) is 24.3 Å². The van der Waals surface area contributed by atoms with Gasteiger partial charge in [0.25, 0.3) is 11.8 Å². The van der Waals surface area contributed by atoms with Gasteiger partial charge in [-0.15, -0.1) is 0 Å². The minimum Gasteiger partial charge on any atom is -0.493 e. The van der Waals surface area contributed by atoms with Gasteiger partial charge in [-0.1, -0.05) is 12.1 Å². The Morgan fingerprint density at radius 3 is 2.83 bits per heavy atom. The Labute approximate surface area is 171 Å². The summed E-state index contributed by atoms with van der Waals surface area (Å²) in [4.78, 5) is 24.2. The summed E-state index contributed by atoms with van der Waals surface area (Å²) in [5.41, 5.74) is 3.23. The van der Waals surface area contributed by atoms with Crippen LogP contribution in [0.1, 0.15) is 22.8 Å². The number of methoxy groups -OCH3 is 1. The van der Waals surface area contributed by atoms with Crippen LogP contribution in [0.25, 0.3) is 11.0 Å². The molecular weight excluding hydrogens is 393 g/mol. The van der Waals surface area contributed by atoms with E-state index in [-0.39, 0.29) is 12.1 Å². The van der Waals surface area contributed by atoms with Gasteiger partial charge in [-0.25, -0.2) is 9.82 Å². The minimum absolute atomic E-state index is 0.114. The van der Waals surface area contributed by atoms with Gasteiger partial charge in [0, 0.05) is 16.5 Å². The van der Waals surface area contributed by atoms with E-state index in [1.165, 1.54) is 31.7 Å².